The van der Waals surface area contributed by atoms with Crippen LogP contribution in [0.1, 0.15) is 13.3 Å². The number of anilines is 2. The molecule has 0 aliphatic carbocycles. The highest BCUT2D eigenvalue weighted by Gasteiger charge is 2.14. The van der Waals surface area contributed by atoms with E-state index in [0.717, 1.165) is 0 Å². The predicted molar refractivity (Wildman–Crippen MR) is 111 cm³/mol. The van der Waals surface area contributed by atoms with E-state index in [1.165, 1.54) is 0 Å². The van der Waals surface area contributed by atoms with E-state index in [1.807, 2.05) is 22.6 Å². The number of halogens is 1. The second-order valence-electron chi connectivity index (χ2n) is 5.39. The summed E-state index contributed by atoms with van der Waals surface area (Å²) in [6.45, 7) is 1.97. The lowest BCUT2D eigenvalue weighted by atomic mass is 10.3. The fourth-order valence-corrected chi connectivity index (χ4v) is 2.01. The number of nitrogens with one attached hydrogen (secondary N) is 1. The molecule has 0 bridgehead atoms. The van der Waals surface area contributed by atoms with Gasteiger partial charge in [-0.3, -0.25) is 9.59 Å². The van der Waals surface area contributed by atoms with Gasteiger partial charge < -0.3 is 21.5 Å². The van der Waals surface area contributed by atoms with Crippen LogP contribution in [0.3, 0.4) is 0 Å². The molecule has 10 heteroatoms. The maximum absolute atomic E-state index is 11.8. The van der Waals surface area contributed by atoms with Gasteiger partial charge in [0, 0.05) is 13.0 Å². The van der Waals surface area contributed by atoms with E-state index in [1.54, 1.807) is 43.3 Å². The van der Waals surface area contributed by atoms with Crippen LogP contribution in [-0.2, 0) is 9.59 Å². The van der Waals surface area contributed by atoms with Gasteiger partial charge in [-0.15, -0.1) is 10.2 Å². The van der Waals surface area contributed by atoms with Gasteiger partial charge in [-0.05, 0) is 31.2 Å². The molecule has 9 nitrogen and oxygen atoms in total. The lowest BCUT2D eigenvalue weighted by Gasteiger charge is -2.08. The number of esters is 1. The molecule has 27 heavy (non-hydrogen) atoms. The molecule has 1 unspecified atom stereocenters. The van der Waals surface area contributed by atoms with E-state index in [0.29, 0.717) is 22.9 Å². The summed E-state index contributed by atoms with van der Waals surface area (Å²) in [7, 11) is 0. The van der Waals surface area contributed by atoms with Crippen molar-refractivity contribution in [2.45, 2.75) is 17.3 Å². The molecule has 0 aliphatic heterocycles. The Morgan fingerprint density at radius 2 is 1.93 bits per heavy atom. The molecule has 2 rings (SSSR count). The zero-order valence-corrected chi connectivity index (χ0v) is 16.7. The summed E-state index contributed by atoms with van der Waals surface area (Å²) < 4.78 is 5.01. The fraction of sp³-hybridized carbons (Fsp3) is 0.235. The number of aromatic nitrogens is 1. The van der Waals surface area contributed by atoms with Crippen molar-refractivity contribution in [1.29, 1.82) is 0 Å². The van der Waals surface area contributed by atoms with Crippen LogP contribution in [-0.4, -0.2) is 27.3 Å². The molecular weight excluding hydrogens is 463 g/mol. The van der Waals surface area contributed by atoms with E-state index in [4.69, 9.17) is 16.2 Å². The van der Waals surface area contributed by atoms with Crippen LogP contribution in [0, 0.1) is 0 Å². The maximum Gasteiger partial charge on any atom is 0.324 e. The Morgan fingerprint density at radius 1 is 1.22 bits per heavy atom. The van der Waals surface area contributed by atoms with Gasteiger partial charge in [0.2, 0.25) is 5.91 Å². The first-order chi connectivity index (χ1) is 12.9. The normalized spacial score (nSPS) is 12.0. The molecule has 142 valence electrons. The molecule has 1 atom stereocenters. The molecule has 0 aliphatic rings. The Balaban J connectivity index is 2.16. The number of hydrogen-bond acceptors (Lipinski definition) is 8. The van der Waals surface area contributed by atoms with Gasteiger partial charge in [-0.25, -0.2) is 4.98 Å². The molecule has 0 radical (unpaired) electrons. The highest BCUT2D eigenvalue weighted by Crippen LogP contribution is 2.31. The number of rotatable bonds is 7. The summed E-state index contributed by atoms with van der Waals surface area (Å²) in [6.07, 6.45) is 0.189. The summed E-state index contributed by atoms with van der Waals surface area (Å²) in [6, 6.07) is 9.90. The number of benzene rings is 1. The third-order valence-electron chi connectivity index (χ3n) is 3.21. The molecule has 0 spiro atoms. The summed E-state index contributed by atoms with van der Waals surface area (Å²) in [5.41, 5.74) is 11.9. The van der Waals surface area contributed by atoms with Gasteiger partial charge >= 0.3 is 5.97 Å². The summed E-state index contributed by atoms with van der Waals surface area (Å²) in [5, 5.41) is 10.7. The van der Waals surface area contributed by atoms with Crippen molar-refractivity contribution in [1.82, 2.24) is 4.98 Å². The molecule has 5 N–H and O–H groups in total. The molecule has 0 fully saturated rings. The van der Waals surface area contributed by atoms with Crippen LogP contribution in [0.25, 0.3) is 0 Å². The molecule has 0 saturated carbocycles. The Kier molecular flexibility index (Phi) is 7.61. The highest BCUT2D eigenvalue weighted by atomic mass is 127. The Labute approximate surface area is 169 Å². The number of hydrogen-bond donors (Lipinski definition) is 3. The van der Waals surface area contributed by atoms with Gasteiger partial charge in [0.25, 0.3) is 0 Å². The quantitative estimate of drug-likeness (QED) is 0.182. The standard InChI is InChI=1S/C17H19IN6O3/c1-10(18)17(26)27-13-5-3-2-4-11(13)23-24-12-6-7-14(22-16(12)20)21-15(25)8-9-19/h2-7,10H,8-9,19H2,1H3,(H3,20,21,22,25). The van der Waals surface area contributed by atoms with E-state index < -0.39 is 0 Å². The van der Waals surface area contributed by atoms with Crippen molar-refractivity contribution in [3.8, 4) is 5.75 Å². The van der Waals surface area contributed by atoms with Gasteiger partial charge in [-0.1, -0.05) is 34.7 Å². The van der Waals surface area contributed by atoms with Crippen molar-refractivity contribution in [2.24, 2.45) is 16.0 Å². The highest BCUT2D eigenvalue weighted by molar-refractivity contribution is 14.1. The molecule has 0 saturated heterocycles. The van der Waals surface area contributed by atoms with Crippen molar-refractivity contribution >= 4 is 57.5 Å². The Morgan fingerprint density at radius 3 is 2.59 bits per heavy atom. The Hall–Kier alpha value is -2.60. The maximum atomic E-state index is 11.8. The number of pyridine rings is 1. The van der Waals surface area contributed by atoms with Crippen LogP contribution >= 0.6 is 22.6 Å². The number of azo groups is 1. The van der Waals surface area contributed by atoms with Gasteiger partial charge in [0.05, 0.1) is 0 Å². The van der Waals surface area contributed by atoms with Crippen LogP contribution in [0.15, 0.2) is 46.6 Å². The number of carbonyl (C=O) groups is 2. The third kappa shape index (κ3) is 6.25. The molecule has 1 aromatic heterocycles. The van der Waals surface area contributed by atoms with E-state index in [9.17, 15) is 9.59 Å². The minimum atomic E-state index is -0.378. The number of alkyl halides is 1. The summed E-state index contributed by atoms with van der Waals surface area (Å²) in [5.74, 6) is 0.0675. The number of ether oxygens (including phenoxy) is 1. The topological polar surface area (TPSA) is 145 Å². The average Bonchev–Trinajstić information content (AvgIpc) is 2.62. The number of nitrogens with zero attached hydrogens (tertiary/aromatic N) is 3. The van der Waals surface area contributed by atoms with Gasteiger partial charge in [0.15, 0.2) is 11.6 Å². The summed E-state index contributed by atoms with van der Waals surface area (Å²) in [4.78, 5) is 27.4. The lowest BCUT2D eigenvalue weighted by molar-refractivity contribution is -0.133. The van der Waals surface area contributed by atoms with Crippen molar-refractivity contribution in [2.75, 3.05) is 17.6 Å². The van der Waals surface area contributed by atoms with Crippen LogP contribution < -0.4 is 21.5 Å². The third-order valence-corrected chi connectivity index (χ3v) is 3.72. The smallest absolute Gasteiger partial charge is 0.324 e. The number of carbonyl (C=O) groups excluding carboxylic acids is 2. The second kappa shape index (κ2) is 9.92. The number of amides is 1. The van der Waals surface area contributed by atoms with Gasteiger partial charge in [-0.2, -0.15) is 0 Å². The van der Waals surface area contributed by atoms with Gasteiger partial charge in [0.1, 0.15) is 21.1 Å². The molecule has 1 aromatic carbocycles. The number of nitrogen functional groups attached to an aromatic ring is 1. The van der Waals surface area contributed by atoms with E-state index >= 15 is 0 Å². The molecule has 1 amide bonds. The minimum Gasteiger partial charge on any atom is -0.423 e. The first-order valence-corrected chi connectivity index (χ1v) is 9.28. The summed E-state index contributed by atoms with van der Waals surface area (Å²) >= 11 is 1.97. The number of nitrogens with two attached hydrogens (primary N) is 2. The fourth-order valence-electron chi connectivity index (χ4n) is 1.88. The first-order valence-electron chi connectivity index (χ1n) is 8.03. The van der Waals surface area contributed by atoms with E-state index in [-0.39, 0.29) is 34.6 Å². The zero-order valence-electron chi connectivity index (χ0n) is 14.6. The second-order valence-corrected chi connectivity index (χ2v) is 7.26. The first kappa shape index (κ1) is 20.7. The molecule has 2 aromatic rings. The van der Waals surface area contributed by atoms with Crippen molar-refractivity contribution < 1.29 is 14.3 Å². The Bertz CT molecular complexity index is 856. The molecule has 1 heterocycles. The lowest BCUT2D eigenvalue weighted by Crippen LogP contribution is -2.17. The molecular formula is C17H19IN6O3. The largest absolute Gasteiger partial charge is 0.423 e. The minimum absolute atomic E-state index is 0.0969. The zero-order chi connectivity index (χ0) is 19.8. The van der Waals surface area contributed by atoms with Crippen LogP contribution in [0.2, 0.25) is 0 Å². The van der Waals surface area contributed by atoms with Crippen molar-refractivity contribution in [3.05, 3.63) is 36.4 Å². The predicted octanol–water partition coefficient (Wildman–Crippen LogP) is 3.10. The van der Waals surface area contributed by atoms with Crippen molar-refractivity contribution in [3.63, 3.8) is 0 Å². The number of para-hydroxylation sites is 1. The van der Waals surface area contributed by atoms with E-state index in [2.05, 4.69) is 20.5 Å². The SMILES string of the molecule is CC(I)C(=O)Oc1ccccc1N=Nc1ccc(NC(=O)CCN)nc1N. The van der Waals surface area contributed by atoms with Crippen LogP contribution in [0.5, 0.6) is 5.75 Å². The average molecular weight is 482 g/mol. The monoisotopic (exact) mass is 482 g/mol. The van der Waals surface area contributed by atoms with Crippen LogP contribution in [0.4, 0.5) is 23.0 Å².